The first kappa shape index (κ1) is 16.2. The molecule has 1 amide bonds. The number of hydrogen-bond donors (Lipinski definition) is 1. The predicted molar refractivity (Wildman–Crippen MR) is 78.4 cm³/mol. The first-order valence-electron chi connectivity index (χ1n) is 6.54. The van der Waals surface area contributed by atoms with Crippen molar-refractivity contribution in [3.8, 4) is 17.6 Å². The number of carbonyl (C=O) groups excluding carboxylic acids is 1. The van der Waals surface area contributed by atoms with Crippen LogP contribution in [-0.2, 0) is 4.79 Å². The smallest absolute Gasteiger partial charge is 0.387 e. The molecular formula is C16H12F2N2O3. The Balaban J connectivity index is 1.83. The molecule has 7 heteroatoms. The van der Waals surface area contributed by atoms with Gasteiger partial charge in [0, 0.05) is 5.69 Å². The molecule has 0 unspecified atom stereocenters. The quantitative estimate of drug-likeness (QED) is 0.888. The first-order chi connectivity index (χ1) is 11.1. The van der Waals surface area contributed by atoms with E-state index in [4.69, 9.17) is 10.00 Å². The molecule has 0 saturated heterocycles. The minimum atomic E-state index is -2.89. The van der Waals surface area contributed by atoms with E-state index in [-0.39, 0.29) is 12.4 Å². The lowest BCUT2D eigenvalue weighted by Crippen LogP contribution is -2.20. The Morgan fingerprint density at radius 1 is 1.09 bits per heavy atom. The summed E-state index contributed by atoms with van der Waals surface area (Å²) in [6.45, 7) is -3.11. The SMILES string of the molecule is N#Cc1ccc(OCC(=O)Nc2ccc(OC(F)F)cc2)cc1. The maximum atomic E-state index is 12.0. The lowest BCUT2D eigenvalue weighted by Gasteiger charge is -2.08. The summed E-state index contributed by atoms with van der Waals surface area (Å²) < 4.78 is 33.5. The highest BCUT2D eigenvalue weighted by Gasteiger charge is 2.06. The molecule has 0 radical (unpaired) electrons. The third-order valence-electron chi connectivity index (χ3n) is 2.72. The normalized spacial score (nSPS) is 10.0. The van der Waals surface area contributed by atoms with E-state index >= 15 is 0 Å². The number of carbonyl (C=O) groups is 1. The van der Waals surface area contributed by atoms with Gasteiger partial charge < -0.3 is 14.8 Å². The molecule has 1 N–H and O–H groups in total. The summed E-state index contributed by atoms with van der Waals surface area (Å²) in [5, 5.41) is 11.2. The van der Waals surface area contributed by atoms with Crippen molar-refractivity contribution in [2.75, 3.05) is 11.9 Å². The summed E-state index contributed by atoms with van der Waals surface area (Å²) >= 11 is 0. The van der Waals surface area contributed by atoms with Crippen LogP contribution >= 0.6 is 0 Å². The maximum Gasteiger partial charge on any atom is 0.387 e. The molecule has 0 aliphatic rings. The first-order valence-corrected chi connectivity index (χ1v) is 6.54. The summed E-state index contributed by atoms with van der Waals surface area (Å²) in [4.78, 5) is 11.7. The van der Waals surface area contributed by atoms with Gasteiger partial charge in [-0.1, -0.05) is 0 Å². The number of rotatable bonds is 6. The van der Waals surface area contributed by atoms with Gasteiger partial charge in [0.15, 0.2) is 6.61 Å². The minimum absolute atomic E-state index is 0.00633. The van der Waals surface area contributed by atoms with Gasteiger partial charge >= 0.3 is 6.61 Å². The van der Waals surface area contributed by atoms with Gasteiger partial charge in [0.05, 0.1) is 11.6 Å². The molecule has 0 aromatic heterocycles. The van der Waals surface area contributed by atoms with Crippen molar-refractivity contribution in [2.45, 2.75) is 6.61 Å². The Labute approximate surface area is 131 Å². The van der Waals surface area contributed by atoms with Crippen LogP contribution in [-0.4, -0.2) is 19.1 Å². The molecule has 0 aliphatic carbocycles. The van der Waals surface area contributed by atoms with E-state index in [1.807, 2.05) is 6.07 Å². The van der Waals surface area contributed by atoms with Crippen molar-refractivity contribution >= 4 is 11.6 Å². The number of ether oxygens (including phenoxy) is 2. The zero-order valence-corrected chi connectivity index (χ0v) is 11.8. The van der Waals surface area contributed by atoms with Crippen LogP contribution in [0.2, 0.25) is 0 Å². The van der Waals surface area contributed by atoms with Crippen LogP contribution in [0.4, 0.5) is 14.5 Å². The molecule has 23 heavy (non-hydrogen) atoms. The summed E-state index contributed by atoms with van der Waals surface area (Å²) in [5.74, 6) is 0.0588. The van der Waals surface area contributed by atoms with E-state index < -0.39 is 12.5 Å². The number of nitriles is 1. The average molecular weight is 318 g/mol. The highest BCUT2D eigenvalue weighted by molar-refractivity contribution is 5.91. The fraction of sp³-hybridized carbons (Fsp3) is 0.125. The van der Waals surface area contributed by atoms with Gasteiger partial charge in [-0.25, -0.2) is 0 Å². The van der Waals surface area contributed by atoms with Crippen molar-refractivity contribution in [3.63, 3.8) is 0 Å². The molecule has 0 aliphatic heterocycles. The summed E-state index contributed by atoms with van der Waals surface area (Å²) in [5.41, 5.74) is 0.924. The van der Waals surface area contributed by atoms with Crippen molar-refractivity contribution < 1.29 is 23.0 Å². The van der Waals surface area contributed by atoms with E-state index in [9.17, 15) is 13.6 Å². The van der Waals surface area contributed by atoms with Gasteiger partial charge in [-0.3, -0.25) is 4.79 Å². The van der Waals surface area contributed by atoms with E-state index in [0.717, 1.165) is 0 Å². The van der Waals surface area contributed by atoms with Crippen LogP contribution in [0.15, 0.2) is 48.5 Å². The van der Waals surface area contributed by atoms with Gasteiger partial charge in [0.25, 0.3) is 5.91 Å². The molecule has 2 rings (SSSR count). The third-order valence-corrected chi connectivity index (χ3v) is 2.72. The zero-order valence-electron chi connectivity index (χ0n) is 11.8. The predicted octanol–water partition coefficient (Wildman–Crippen LogP) is 3.18. The number of anilines is 1. The van der Waals surface area contributed by atoms with Crippen molar-refractivity contribution in [1.29, 1.82) is 5.26 Å². The fourth-order valence-corrected chi connectivity index (χ4v) is 1.69. The Hall–Kier alpha value is -3.14. The van der Waals surface area contributed by atoms with E-state index in [1.165, 1.54) is 24.3 Å². The van der Waals surface area contributed by atoms with Crippen LogP contribution < -0.4 is 14.8 Å². The number of benzene rings is 2. The third kappa shape index (κ3) is 5.28. The topological polar surface area (TPSA) is 71.3 Å². The molecule has 0 saturated carbocycles. The molecule has 2 aromatic carbocycles. The highest BCUT2D eigenvalue weighted by Crippen LogP contribution is 2.18. The molecule has 0 fully saturated rings. The Morgan fingerprint density at radius 2 is 1.70 bits per heavy atom. The van der Waals surface area contributed by atoms with Crippen molar-refractivity contribution in [2.24, 2.45) is 0 Å². The molecular weight excluding hydrogens is 306 g/mol. The van der Waals surface area contributed by atoms with Crippen LogP contribution in [0, 0.1) is 11.3 Å². The maximum absolute atomic E-state index is 12.0. The Kier molecular flexibility index (Phi) is 5.47. The standard InChI is InChI=1S/C16H12F2N2O3/c17-16(18)23-14-7-3-12(4-8-14)20-15(21)10-22-13-5-1-11(9-19)2-6-13/h1-8,16H,10H2,(H,20,21). The molecule has 0 bridgehead atoms. The van der Waals surface area contributed by atoms with Gasteiger partial charge in [-0.15, -0.1) is 0 Å². The van der Waals surface area contributed by atoms with Gasteiger partial charge in [-0.2, -0.15) is 14.0 Å². The van der Waals surface area contributed by atoms with Crippen LogP contribution in [0.1, 0.15) is 5.56 Å². The number of amides is 1. The Bertz CT molecular complexity index is 695. The van der Waals surface area contributed by atoms with E-state index in [0.29, 0.717) is 17.0 Å². The molecule has 118 valence electrons. The lowest BCUT2D eigenvalue weighted by molar-refractivity contribution is -0.118. The number of hydrogen-bond acceptors (Lipinski definition) is 4. The zero-order chi connectivity index (χ0) is 16.7. The Morgan fingerprint density at radius 3 is 2.26 bits per heavy atom. The summed E-state index contributed by atoms with van der Waals surface area (Å²) in [6, 6.07) is 13.8. The number of halogens is 2. The molecule has 2 aromatic rings. The van der Waals surface area contributed by atoms with Gasteiger partial charge in [0.1, 0.15) is 11.5 Å². The highest BCUT2D eigenvalue weighted by atomic mass is 19.3. The lowest BCUT2D eigenvalue weighted by atomic mass is 10.2. The van der Waals surface area contributed by atoms with Crippen molar-refractivity contribution in [3.05, 3.63) is 54.1 Å². The summed E-state index contributed by atoms with van der Waals surface area (Å²) in [6.07, 6.45) is 0. The van der Waals surface area contributed by atoms with Crippen LogP contribution in [0.25, 0.3) is 0 Å². The van der Waals surface area contributed by atoms with E-state index in [1.54, 1.807) is 24.3 Å². The molecule has 5 nitrogen and oxygen atoms in total. The number of alkyl halides is 2. The molecule has 0 atom stereocenters. The van der Waals surface area contributed by atoms with Gasteiger partial charge in [-0.05, 0) is 48.5 Å². The van der Waals surface area contributed by atoms with E-state index in [2.05, 4.69) is 10.1 Å². The number of nitrogens with zero attached hydrogens (tertiary/aromatic N) is 1. The second-order valence-electron chi connectivity index (χ2n) is 4.38. The molecule has 0 spiro atoms. The molecule has 0 heterocycles. The fourth-order valence-electron chi connectivity index (χ4n) is 1.69. The van der Waals surface area contributed by atoms with Crippen molar-refractivity contribution in [1.82, 2.24) is 0 Å². The monoisotopic (exact) mass is 318 g/mol. The average Bonchev–Trinajstić information content (AvgIpc) is 2.55. The van der Waals surface area contributed by atoms with Crippen LogP contribution in [0.3, 0.4) is 0 Å². The summed E-state index contributed by atoms with van der Waals surface area (Å²) in [7, 11) is 0. The van der Waals surface area contributed by atoms with Gasteiger partial charge in [0.2, 0.25) is 0 Å². The largest absolute Gasteiger partial charge is 0.484 e. The number of nitrogens with one attached hydrogen (secondary N) is 1. The van der Waals surface area contributed by atoms with Crippen LogP contribution in [0.5, 0.6) is 11.5 Å². The second kappa shape index (κ2) is 7.75. The minimum Gasteiger partial charge on any atom is -0.484 e. The second-order valence-corrected chi connectivity index (χ2v) is 4.38.